The van der Waals surface area contributed by atoms with E-state index in [1.807, 2.05) is 0 Å². The number of allylic oxidation sites excluding steroid dienone is 7. The van der Waals surface area contributed by atoms with Crippen molar-refractivity contribution in [3.8, 4) is 0 Å². The van der Waals surface area contributed by atoms with Gasteiger partial charge in [-0.05, 0) is 45.8 Å². The summed E-state index contributed by atoms with van der Waals surface area (Å²) in [7, 11) is -8.74. The second-order valence-electron chi connectivity index (χ2n) is 11.5. The van der Waals surface area contributed by atoms with Crippen molar-refractivity contribution in [2.75, 3.05) is 19.8 Å². The van der Waals surface area contributed by atoms with Crippen molar-refractivity contribution in [1.82, 2.24) is 0 Å². The Balaban J connectivity index is 4.31. The number of hydrogen-bond acceptors (Lipinski definition) is 3. The van der Waals surface area contributed by atoms with E-state index in [9.17, 15) is 0 Å². The van der Waals surface area contributed by atoms with E-state index < -0.39 is 33.0 Å². The van der Waals surface area contributed by atoms with Gasteiger partial charge in [-0.3, -0.25) is 0 Å². The molecule has 194 valence electrons. The van der Waals surface area contributed by atoms with Crippen molar-refractivity contribution in [1.29, 1.82) is 0 Å². The van der Waals surface area contributed by atoms with E-state index in [1.165, 1.54) is 0 Å². The molecule has 7 heteroatoms. The van der Waals surface area contributed by atoms with Crippen LogP contribution in [0.3, 0.4) is 0 Å². The Morgan fingerprint density at radius 1 is 0.706 bits per heavy atom. The number of hydrogen-bond donors (Lipinski definition) is 0. The van der Waals surface area contributed by atoms with Crippen molar-refractivity contribution in [2.24, 2.45) is 0 Å². The van der Waals surface area contributed by atoms with E-state index in [0.29, 0.717) is 19.8 Å². The standard InChI is InChI=1S/C27H52O3Si4/c1-14-20-31(8,9)24-23-27(7,34(28-17-4,29-18-5)30-19-6)26(33(12,13)22-16-3)25(24)32(10,11)21-15-2/h14-16,23H,1-3,17-22H2,4-13H3. The molecule has 0 aliphatic heterocycles. The first-order chi connectivity index (χ1) is 15.7. The van der Waals surface area contributed by atoms with Gasteiger partial charge in [0.05, 0.1) is 29.3 Å². The molecule has 0 aromatic heterocycles. The molecule has 0 spiro atoms. The summed E-state index contributed by atoms with van der Waals surface area (Å²) < 4.78 is 19.9. The molecule has 0 radical (unpaired) electrons. The van der Waals surface area contributed by atoms with Gasteiger partial charge in [0, 0.05) is 19.8 Å². The third kappa shape index (κ3) is 6.04. The first kappa shape index (κ1) is 31.5. The zero-order chi connectivity index (χ0) is 26.4. The Morgan fingerprint density at radius 3 is 1.47 bits per heavy atom. The summed E-state index contributed by atoms with van der Waals surface area (Å²) in [6.07, 6.45) is 8.95. The summed E-state index contributed by atoms with van der Waals surface area (Å²) in [6.45, 7) is 37.8. The van der Waals surface area contributed by atoms with Crippen LogP contribution in [0.4, 0.5) is 0 Å². The molecule has 3 nitrogen and oxygen atoms in total. The highest BCUT2D eigenvalue weighted by Gasteiger charge is 2.65. The lowest BCUT2D eigenvalue weighted by molar-refractivity contribution is 0.0581. The Kier molecular flexibility index (Phi) is 11.2. The zero-order valence-electron chi connectivity index (χ0n) is 23.9. The van der Waals surface area contributed by atoms with Crippen molar-refractivity contribution < 1.29 is 13.3 Å². The van der Waals surface area contributed by atoms with Crippen molar-refractivity contribution in [2.45, 2.75) is 90.1 Å². The maximum atomic E-state index is 6.65. The molecule has 0 saturated carbocycles. The van der Waals surface area contributed by atoms with E-state index in [0.717, 1.165) is 18.1 Å². The summed E-state index contributed by atoms with van der Waals surface area (Å²) >= 11 is 0. The van der Waals surface area contributed by atoms with E-state index in [4.69, 9.17) is 13.3 Å². The van der Waals surface area contributed by atoms with E-state index in [-0.39, 0.29) is 5.04 Å². The Labute approximate surface area is 215 Å². The molecular formula is C27H52O3Si4. The van der Waals surface area contributed by atoms with Crippen LogP contribution in [0.5, 0.6) is 0 Å². The van der Waals surface area contributed by atoms with Crippen LogP contribution in [0.25, 0.3) is 0 Å². The van der Waals surface area contributed by atoms with Crippen LogP contribution in [0.15, 0.2) is 59.6 Å². The summed E-state index contributed by atoms with van der Waals surface area (Å²) in [5, 5.41) is 4.46. The van der Waals surface area contributed by atoms with Gasteiger partial charge >= 0.3 is 8.80 Å². The molecule has 0 heterocycles. The largest absolute Gasteiger partial charge is 0.515 e. The average Bonchev–Trinajstić information content (AvgIpc) is 3.06. The summed E-state index contributed by atoms with van der Waals surface area (Å²) in [5.74, 6) is 0. The molecule has 0 aromatic carbocycles. The van der Waals surface area contributed by atoms with E-state index in [2.05, 4.69) is 111 Å². The molecule has 1 aliphatic rings. The minimum absolute atomic E-state index is 0.380. The van der Waals surface area contributed by atoms with Gasteiger partial charge in [-0.15, -0.1) is 19.7 Å². The monoisotopic (exact) mass is 536 g/mol. The minimum Gasteiger partial charge on any atom is -0.373 e. The van der Waals surface area contributed by atoms with Crippen molar-refractivity contribution >= 4 is 33.0 Å². The van der Waals surface area contributed by atoms with Gasteiger partial charge < -0.3 is 13.3 Å². The quantitative estimate of drug-likeness (QED) is 0.146. The van der Waals surface area contributed by atoms with Crippen LogP contribution in [0, 0.1) is 0 Å². The molecule has 0 bridgehead atoms. The van der Waals surface area contributed by atoms with Gasteiger partial charge in [0.25, 0.3) is 0 Å². The van der Waals surface area contributed by atoms with E-state index >= 15 is 0 Å². The molecule has 0 amide bonds. The Hall–Kier alpha value is -0.552. The lowest BCUT2D eigenvalue weighted by Gasteiger charge is -2.46. The predicted octanol–water partition coefficient (Wildman–Crippen LogP) is 8.33. The van der Waals surface area contributed by atoms with Crippen molar-refractivity contribution in [3.05, 3.63) is 59.6 Å². The third-order valence-electron chi connectivity index (χ3n) is 7.16. The third-order valence-corrected chi connectivity index (χ3v) is 21.4. The maximum Gasteiger partial charge on any atom is 0.515 e. The smallest absolute Gasteiger partial charge is 0.373 e. The molecule has 0 aromatic rings. The summed E-state index contributed by atoms with van der Waals surface area (Å²) in [5.41, 5.74) is 0. The lowest BCUT2D eigenvalue weighted by Crippen LogP contribution is -2.58. The van der Waals surface area contributed by atoms with Gasteiger partial charge in [-0.1, -0.05) is 79.2 Å². The van der Waals surface area contributed by atoms with Crippen LogP contribution < -0.4 is 0 Å². The topological polar surface area (TPSA) is 27.7 Å². The molecule has 1 unspecified atom stereocenters. The molecule has 34 heavy (non-hydrogen) atoms. The fraction of sp³-hybridized carbons (Fsp3) is 0.630. The fourth-order valence-electron chi connectivity index (χ4n) is 5.89. The van der Waals surface area contributed by atoms with Gasteiger partial charge in [0.1, 0.15) is 0 Å². The first-order valence-corrected chi connectivity index (χ1v) is 24.3. The molecule has 1 aliphatic carbocycles. The molecule has 1 rings (SSSR count). The SMILES string of the molecule is C=CC[Si](C)(C)C1=CC(C)([Si](OCC)(OCC)OCC)C([Si](C)(C)CC=C)=C1[Si](C)(C)CC=C. The second kappa shape index (κ2) is 12.1. The second-order valence-corrected chi connectivity index (χ2v) is 28.6. The van der Waals surface area contributed by atoms with Crippen molar-refractivity contribution in [3.63, 3.8) is 0 Å². The summed E-state index contributed by atoms with van der Waals surface area (Å²) in [4.78, 5) is 0. The highest BCUT2D eigenvalue weighted by Crippen LogP contribution is 2.61. The van der Waals surface area contributed by atoms with Crippen LogP contribution in [0.1, 0.15) is 27.7 Å². The van der Waals surface area contributed by atoms with Gasteiger partial charge in [0.15, 0.2) is 0 Å². The summed E-state index contributed by atoms with van der Waals surface area (Å²) in [6, 6.07) is 3.14. The van der Waals surface area contributed by atoms with Gasteiger partial charge in [-0.2, -0.15) is 0 Å². The van der Waals surface area contributed by atoms with Crippen LogP contribution in [-0.4, -0.2) is 52.8 Å². The Morgan fingerprint density at radius 2 is 1.09 bits per heavy atom. The maximum absolute atomic E-state index is 6.65. The molecular weight excluding hydrogens is 485 g/mol. The number of rotatable bonds is 16. The van der Waals surface area contributed by atoms with Crippen LogP contribution in [-0.2, 0) is 13.3 Å². The van der Waals surface area contributed by atoms with Gasteiger partial charge in [-0.25, -0.2) is 0 Å². The predicted molar refractivity (Wildman–Crippen MR) is 162 cm³/mol. The Bertz CT molecular complexity index is 794. The van der Waals surface area contributed by atoms with E-state index in [1.54, 1.807) is 15.6 Å². The minimum atomic E-state index is -3.12. The first-order valence-electron chi connectivity index (χ1n) is 12.9. The fourth-order valence-corrected chi connectivity index (χ4v) is 23.2. The molecule has 1 atom stereocenters. The van der Waals surface area contributed by atoms with Gasteiger partial charge in [0.2, 0.25) is 0 Å². The molecule has 0 N–H and O–H groups in total. The average molecular weight is 537 g/mol. The van der Waals surface area contributed by atoms with Crippen LogP contribution in [0.2, 0.25) is 62.5 Å². The zero-order valence-corrected chi connectivity index (χ0v) is 27.9. The highest BCUT2D eigenvalue weighted by atomic mass is 28.4. The highest BCUT2D eigenvalue weighted by molar-refractivity contribution is 6.98. The van der Waals surface area contributed by atoms with Crippen LogP contribution >= 0.6 is 0 Å². The lowest BCUT2D eigenvalue weighted by atomic mass is 10.2. The molecule has 0 saturated heterocycles. The normalized spacial score (nSPS) is 19.9. The molecule has 0 fully saturated rings.